The average molecular weight is 166 g/mol. The monoisotopic (exact) mass is 166 g/mol. The molecule has 4 atom stereocenters. The molecule has 3 saturated carbocycles. The van der Waals surface area contributed by atoms with E-state index in [4.69, 9.17) is 5.11 Å². The fourth-order valence-corrected chi connectivity index (χ4v) is 2.77. The van der Waals surface area contributed by atoms with Gasteiger partial charge in [-0.25, -0.2) is 0 Å². The van der Waals surface area contributed by atoms with Crippen LogP contribution in [-0.4, -0.2) is 11.1 Å². The van der Waals surface area contributed by atoms with E-state index in [-0.39, 0.29) is 5.92 Å². The second kappa shape index (κ2) is 2.04. The van der Waals surface area contributed by atoms with Crippen LogP contribution in [0.2, 0.25) is 0 Å². The van der Waals surface area contributed by atoms with Crippen molar-refractivity contribution < 1.29 is 9.90 Å². The minimum absolute atomic E-state index is 0.0405. The molecule has 0 aromatic carbocycles. The lowest BCUT2D eigenvalue weighted by atomic mass is 10.1. The highest BCUT2D eigenvalue weighted by Gasteiger charge is 2.59. The molecule has 0 spiro atoms. The summed E-state index contributed by atoms with van der Waals surface area (Å²) >= 11 is 0. The first-order valence-corrected chi connectivity index (χ1v) is 5.00. The maximum absolute atomic E-state index is 10.6. The van der Waals surface area contributed by atoms with E-state index in [1.807, 2.05) is 0 Å². The average Bonchev–Trinajstić information content (AvgIpc) is 2.87. The second-order valence-electron chi connectivity index (χ2n) is 4.75. The van der Waals surface area contributed by atoms with E-state index in [1.165, 1.54) is 19.3 Å². The highest BCUT2D eigenvalue weighted by atomic mass is 16.4. The van der Waals surface area contributed by atoms with E-state index >= 15 is 0 Å². The molecule has 3 fully saturated rings. The van der Waals surface area contributed by atoms with Gasteiger partial charge in [0.05, 0.1) is 5.92 Å². The third-order valence-electron chi connectivity index (χ3n) is 3.83. The summed E-state index contributed by atoms with van der Waals surface area (Å²) in [5.74, 6) is 2.83. The SMILES string of the molecule is O=C(O)[C@H]1C[C@@H]1[C@@H]1C[C@@H]1C1CC1. The number of carboxylic acid groups (broad SMARTS) is 1. The van der Waals surface area contributed by atoms with Crippen LogP contribution in [0.15, 0.2) is 0 Å². The van der Waals surface area contributed by atoms with Crippen molar-refractivity contribution in [1.29, 1.82) is 0 Å². The van der Waals surface area contributed by atoms with Gasteiger partial charge in [-0.2, -0.15) is 0 Å². The lowest BCUT2D eigenvalue weighted by Gasteiger charge is -1.93. The van der Waals surface area contributed by atoms with Crippen molar-refractivity contribution in [3.05, 3.63) is 0 Å². The van der Waals surface area contributed by atoms with Gasteiger partial charge in [0.15, 0.2) is 0 Å². The lowest BCUT2D eigenvalue weighted by Crippen LogP contribution is -2.01. The molecule has 0 aliphatic heterocycles. The van der Waals surface area contributed by atoms with E-state index in [9.17, 15) is 4.79 Å². The minimum atomic E-state index is -0.554. The maximum Gasteiger partial charge on any atom is 0.306 e. The van der Waals surface area contributed by atoms with Gasteiger partial charge in [-0.05, 0) is 49.4 Å². The molecular formula is C10H14O2. The minimum Gasteiger partial charge on any atom is -0.481 e. The van der Waals surface area contributed by atoms with Gasteiger partial charge in [-0.15, -0.1) is 0 Å². The molecule has 0 amide bonds. The molecule has 2 nitrogen and oxygen atoms in total. The summed E-state index contributed by atoms with van der Waals surface area (Å²) in [4.78, 5) is 10.6. The zero-order chi connectivity index (χ0) is 8.29. The first kappa shape index (κ1) is 6.93. The quantitative estimate of drug-likeness (QED) is 0.693. The number of carbonyl (C=O) groups is 1. The van der Waals surface area contributed by atoms with Gasteiger partial charge in [0, 0.05) is 0 Å². The topological polar surface area (TPSA) is 37.3 Å². The normalized spacial score (nSPS) is 50.3. The molecule has 0 unspecified atom stereocenters. The number of hydrogen-bond acceptors (Lipinski definition) is 1. The van der Waals surface area contributed by atoms with Gasteiger partial charge >= 0.3 is 5.97 Å². The summed E-state index contributed by atoms with van der Waals surface area (Å²) in [5, 5.41) is 8.74. The molecular weight excluding hydrogens is 152 g/mol. The highest BCUT2D eigenvalue weighted by Crippen LogP contribution is 2.64. The van der Waals surface area contributed by atoms with Gasteiger partial charge in [0.1, 0.15) is 0 Å². The van der Waals surface area contributed by atoms with E-state index < -0.39 is 5.97 Å². The Morgan fingerprint density at radius 2 is 1.83 bits per heavy atom. The molecule has 1 N–H and O–H groups in total. The Labute approximate surface area is 72.0 Å². The predicted molar refractivity (Wildman–Crippen MR) is 43.6 cm³/mol. The van der Waals surface area contributed by atoms with Crippen molar-refractivity contribution >= 4 is 5.97 Å². The third kappa shape index (κ3) is 0.970. The van der Waals surface area contributed by atoms with Crippen molar-refractivity contribution in [1.82, 2.24) is 0 Å². The van der Waals surface area contributed by atoms with Gasteiger partial charge in [0.2, 0.25) is 0 Å². The van der Waals surface area contributed by atoms with Crippen molar-refractivity contribution in [2.24, 2.45) is 29.6 Å². The van der Waals surface area contributed by atoms with Gasteiger partial charge < -0.3 is 5.11 Å². The predicted octanol–water partition coefficient (Wildman–Crippen LogP) is 1.75. The van der Waals surface area contributed by atoms with E-state index in [2.05, 4.69) is 0 Å². The largest absolute Gasteiger partial charge is 0.481 e. The maximum atomic E-state index is 10.6. The highest BCUT2D eigenvalue weighted by molar-refractivity contribution is 5.73. The number of carboxylic acids is 1. The molecule has 3 aliphatic carbocycles. The van der Waals surface area contributed by atoms with Crippen molar-refractivity contribution in [2.45, 2.75) is 25.7 Å². The second-order valence-corrected chi connectivity index (χ2v) is 4.75. The Balaban J connectivity index is 1.55. The standard InChI is InChI=1S/C10H14O2/c11-10(12)9-4-8(9)7-3-6(7)5-1-2-5/h5-9H,1-4H2,(H,11,12)/t6-,7-,8-,9+/m1/s1. The molecule has 3 rings (SSSR count). The molecule has 66 valence electrons. The first-order chi connectivity index (χ1) is 5.77. The van der Waals surface area contributed by atoms with E-state index in [1.54, 1.807) is 0 Å². The van der Waals surface area contributed by atoms with Crippen molar-refractivity contribution in [3.8, 4) is 0 Å². The molecule has 0 radical (unpaired) electrons. The molecule has 3 aliphatic rings. The van der Waals surface area contributed by atoms with Gasteiger partial charge in [-0.1, -0.05) is 0 Å². The molecule has 0 bridgehead atoms. The Kier molecular flexibility index (Phi) is 1.18. The Morgan fingerprint density at radius 1 is 1.08 bits per heavy atom. The molecule has 0 saturated heterocycles. The zero-order valence-electron chi connectivity index (χ0n) is 7.07. The van der Waals surface area contributed by atoms with Crippen molar-refractivity contribution in [2.75, 3.05) is 0 Å². The van der Waals surface area contributed by atoms with Crippen LogP contribution in [0.25, 0.3) is 0 Å². The van der Waals surface area contributed by atoms with Crippen LogP contribution >= 0.6 is 0 Å². The summed E-state index contributed by atoms with van der Waals surface area (Å²) in [6.07, 6.45) is 5.17. The van der Waals surface area contributed by atoms with Crippen LogP contribution in [0.1, 0.15) is 25.7 Å². The van der Waals surface area contributed by atoms with E-state index in [0.29, 0.717) is 5.92 Å². The van der Waals surface area contributed by atoms with E-state index in [0.717, 1.165) is 24.2 Å². The van der Waals surface area contributed by atoms with Crippen LogP contribution in [0.4, 0.5) is 0 Å². The molecule has 2 heteroatoms. The Bertz CT molecular complexity index is 232. The van der Waals surface area contributed by atoms with Crippen molar-refractivity contribution in [3.63, 3.8) is 0 Å². The summed E-state index contributed by atoms with van der Waals surface area (Å²) in [7, 11) is 0. The summed E-state index contributed by atoms with van der Waals surface area (Å²) in [6, 6.07) is 0. The van der Waals surface area contributed by atoms with Crippen LogP contribution in [-0.2, 0) is 4.79 Å². The third-order valence-corrected chi connectivity index (χ3v) is 3.83. The summed E-state index contributed by atoms with van der Waals surface area (Å²) in [6.45, 7) is 0. The number of aliphatic carboxylic acids is 1. The first-order valence-electron chi connectivity index (χ1n) is 5.00. The smallest absolute Gasteiger partial charge is 0.306 e. The number of rotatable bonds is 3. The van der Waals surface area contributed by atoms with Crippen LogP contribution in [0, 0.1) is 29.6 Å². The Morgan fingerprint density at radius 3 is 2.33 bits per heavy atom. The molecule has 0 aromatic heterocycles. The summed E-state index contributed by atoms with van der Waals surface area (Å²) in [5.41, 5.74) is 0. The van der Waals surface area contributed by atoms with Gasteiger partial charge in [0.25, 0.3) is 0 Å². The zero-order valence-corrected chi connectivity index (χ0v) is 7.07. The fraction of sp³-hybridized carbons (Fsp3) is 0.900. The molecule has 12 heavy (non-hydrogen) atoms. The van der Waals surface area contributed by atoms with Crippen LogP contribution < -0.4 is 0 Å². The van der Waals surface area contributed by atoms with Gasteiger partial charge in [-0.3, -0.25) is 4.79 Å². The molecule has 0 aromatic rings. The van der Waals surface area contributed by atoms with Crippen LogP contribution in [0.3, 0.4) is 0 Å². The fourth-order valence-electron chi connectivity index (χ4n) is 2.77. The Hall–Kier alpha value is -0.530. The van der Waals surface area contributed by atoms with Crippen LogP contribution in [0.5, 0.6) is 0 Å². The molecule has 0 heterocycles. The lowest BCUT2D eigenvalue weighted by molar-refractivity contribution is -0.138. The summed E-state index contributed by atoms with van der Waals surface area (Å²) < 4.78 is 0. The number of hydrogen-bond donors (Lipinski definition) is 1.